The first-order chi connectivity index (χ1) is 8.59. The summed E-state index contributed by atoms with van der Waals surface area (Å²) in [5, 5.41) is 0.793. The van der Waals surface area contributed by atoms with E-state index in [0.29, 0.717) is 0 Å². The van der Waals surface area contributed by atoms with Gasteiger partial charge in [0.1, 0.15) is 6.54 Å². The summed E-state index contributed by atoms with van der Waals surface area (Å²) < 4.78 is 1.15. The first-order valence-corrected chi connectivity index (χ1v) is 7.18. The van der Waals surface area contributed by atoms with Crippen LogP contribution in [0, 0.1) is 6.42 Å². The van der Waals surface area contributed by atoms with Crippen molar-refractivity contribution < 1.29 is 4.48 Å². The Bertz CT molecular complexity index is 442. The third-order valence-corrected chi connectivity index (χ3v) is 5.23. The lowest BCUT2D eigenvalue weighted by Gasteiger charge is -2.45. The number of piperidine rings is 1. The van der Waals surface area contributed by atoms with Gasteiger partial charge in [0, 0.05) is 42.0 Å². The molecule has 2 heterocycles. The maximum absolute atomic E-state index is 6.10. The van der Waals surface area contributed by atoms with Gasteiger partial charge in [-0.05, 0) is 24.6 Å². The largest absolute Gasteiger partial charge is 0.398 e. The van der Waals surface area contributed by atoms with E-state index in [4.69, 9.17) is 17.3 Å². The van der Waals surface area contributed by atoms with Gasteiger partial charge in [0.25, 0.3) is 0 Å². The maximum Gasteiger partial charge on any atom is 0.107 e. The van der Waals surface area contributed by atoms with Crippen molar-refractivity contribution in [3.05, 3.63) is 35.2 Å². The zero-order chi connectivity index (χ0) is 12.8. The average molecular weight is 265 g/mol. The molecular formula is C15H21ClN2+. The van der Waals surface area contributed by atoms with Gasteiger partial charge in [-0.15, -0.1) is 0 Å². The summed E-state index contributed by atoms with van der Waals surface area (Å²) >= 11 is 6.10. The summed E-state index contributed by atoms with van der Waals surface area (Å²) in [4.78, 5) is 0. The van der Waals surface area contributed by atoms with Crippen molar-refractivity contribution in [1.29, 1.82) is 0 Å². The van der Waals surface area contributed by atoms with Crippen LogP contribution < -0.4 is 5.73 Å². The number of fused-ring (bicyclic) bond motifs is 2. The normalized spacial score (nSPS) is 34.8. The van der Waals surface area contributed by atoms with Gasteiger partial charge >= 0.3 is 0 Å². The fourth-order valence-electron chi connectivity index (χ4n) is 3.81. The summed E-state index contributed by atoms with van der Waals surface area (Å²) in [5.74, 6) is 0. The molecule has 3 rings (SSSR count). The minimum atomic E-state index is 0.780. The highest BCUT2D eigenvalue weighted by molar-refractivity contribution is 6.30. The molecule has 18 heavy (non-hydrogen) atoms. The molecule has 0 spiro atoms. The summed E-state index contributed by atoms with van der Waals surface area (Å²) in [7, 11) is 2.40. The van der Waals surface area contributed by atoms with Gasteiger partial charge in [-0.1, -0.05) is 11.6 Å². The van der Waals surface area contributed by atoms with Crippen molar-refractivity contribution in [3.63, 3.8) is 0 Å². The van der Waals surface area contributed by atoms with Crippen molar-refractivity contribution >= 4 is 17.3 Å². The van der Waals surface area contributed by atoms with Crippen LogP contribution in [0.4, 0.5) is 5.69 Å². The molecule has 1 aromatic rings. The molecule has 2 nitrogen and oxygen atoms in total. The summed E-state index contributed by atoms with van der Waals surface area (Å²) in [6, 6.07) is 7.41. The van der Waals surface area contributed by atoms with Crippen molar-refractivity contribution in [2.75, 3.05) is 12.8 Å². The number of benzene rings is 1. The van der Waals surface area contributed by atoms with Crippen LogP contribution in [0.3, 0.4) is 0 Å². The van der Waals surface area contributed by atoms with Crippen LogP contribution in [-0.2, 0) is 6.54 Å². The molecule has 0 amide bonds. The second kappa shape index (κ2) is 4.43. The van der Waals surface area contributed by atoms with Crippen LogP contribution in [-0.4, -0.2) is 23.6 Å². The van der Waals surface area contributed by atoms with Crippen molar-refractivity contribution in [2.45, 2.75) is 44.3 Å². The lowest BCUT2D eigenvalue weighted by Crippen LogP contribution is -2.55. The Morgan fingerprint density at radius 2 is 1.94 bits per heavy atom. The number of nitrogens with two attached hydrogens (primary N) is 1. The van der Waals surface area contributed by atoms with E-state index in [1.54, 1.807) is 0 Å². The first kappa shape index (κ1) is 12.3. The summed E-state index contributed by atoms with van der Waals surface area (Å²) in [5.41, 5.74) is 8.19. The van der Waals surface area contributed by atoms with Crippen LogP contribution in [0.5, 0.6) is 0 Å². The van der Waals surface area contributed by atoms with E-state index in [-0.39, 0.29) is 0 Å². The number of halogens is 1. The van der Waals surface area contributed by atoms with E-state index in [2.05, 4.69) is 13.5 Å². The third-order valence-electron chi connectivity index (χ3n) is 4.99. The molecule has 0 aliphatic carbocycles. The Morgan fingerprint density at radius 1 is 1.28 bits per heavy atom. The van der Waals surface area contributed by atoms with Gasteiger partial charge in [0.2, 0.25) is 0 Å². The molecule has 2 atom stereocenters. The Hall–Kier alpha value is -0.730. The van der Waals surface area contributed by atoms with E-state index in [1.807, 2.05) is 18.2 Å². The van der Waals surface area contributed by atoms with Gasteiger partial charge in [0.05, 0.1) is 19.1 Å². The quantitative estimate of drug-likeness (QED) is 0.643. The molecule has 2 fully saturated rings. The Labute approximate surface area is 114 Å². The molecule has 2 unspecified atom stereocenters. The molecule has 1 radical (unpaired) electrons. The Kier molecular flexibility index (Phi) is 3.03. The lowest BCUT2D eigenvalue weighted by molar-refractivity contribution is -0.958. The molecule has 2 saturated heterocycles. The molecule has 2 bridgehead atoms. The standard InChI is InChI=1S/C15H21ClN2/c1-18(13-3-2-4-14(18)7-6-13)10-11-9-12(16)5-8-15(11)17/h2,5,8-9,13-14H,3-4,6-7,10,17H2,1H3/q+1. The molecule has 2 N–H and O–H groups in total. The Balaban J connectivity index is 1.89. The van der Waals surface area contributed by atoms with E-state index in [1.165, 1.54) is 31.2 Å². The van der Waals surface area contributed by atoms with Gasteiger partial charge in [-0.25, -0.2) is 0 Å². The van der Waals surface area contributed by atoms with Crippen molar-refractivity contribution in [3.8, 4) is 0 Å². The molecule has 1 aromatic carbocycles. The van der Waals surface area contributed by atoms with Crippen LogP contribution in [0.25, 0.3) is 0 Å². The number of quaternary nitrogens is 1. The number of hydrogen-bond acceptors (Lipinski definition) is 1. The predicted octanol–water partition coefficient (Wildman–Crippen LogP) is 3.40. The fourth-order valence-corrected chi connectivity index (χ4v) is 4.00. The summed E-state index contributed by atoms with van der Waals surface area (Å²) in [6.07, 6.45) is 7.71. The first-order valence-electron chi connectivity index (χ1n) is 6.80. The highest BCUT2D eigenvalue weighted by atomic mass is 35.5. The number of nitrogen functional groups attached to an aromatic ring is 1. The van der Waals surface area contributed by atoms with E-state index in [9.17, 15) is 0 Å². The number of anilines is 1. The molecule has 2 aliphatic rings. The third kappa shape index (κ3) is 1.92. The number of hydrogen-bond donors (Lipinski definition) is 1. The van der Waals surface area contributed by atoms with Gasteiger partial charge in [-0.2, -0.15) is 0 Å². The van der Waals surface area contributed by atoms with Gasteiger partial charge < -0.3 is 10.2 Å². The van der Waals surface area contributed by atoms with Crippen LogP contribution in [0.2, 0.25) is 5.02 Å². The second-order valence-corrected chi connectivity index (χ2v) is 6.43. The molecule has 0 saturated carbocycles. The number of rotatable bonds is 2. The van der Waals surface area contributed by atoms with Crippen LogP contribution in [0.1, 0.15) is 31.2 Å². The topological polar surface area (TPSA) is 26.0 Å². The van der Waals surface area contributed by atoms with E-state index >= 15 is 0 Å². The highest BCUT2D eigenvalue weighted by Gasteiger charge is 2.48. The zero-order valence-electron chi connectivity index (χ0n) is 10.9. The number of nitrogens with zero attached hydrogens (tertiary/aromatic N) is 1. The average Bonchev–Trinajstić information content (AvgIpc) is 2.56. The SMILES string of the molecule is C[N+]1(Cc2cc(Cl)ccc2N)C2C[CH]CC1CC2. The maximum atomic E-state index is 6.10. The minimum Gasteiger partial charge on any atom is -0.398 e. The second-order valence-electron chi connectivity index (χ2n) is 5.99. The Morgan fingerprint density at radius 3 is 2.61 bits per heavy atom. The van der Waals surface area contributed by atoms with Crippen molar-refractivity contribution in [1.82, 2.24) is 0 Å². The lowest BCUT2D eigenvalue weighted by atomic mass is 9.98. The van der Waals surface area contributed by atoms with Crippen molar-refractivity contribution in [2.24, 2.45) is 0 Å². The molecular weight excluding hydrogens is 244 g/mol. The summed E-state index contributed by atoms with van der Waals surface area (Å²) in [6.45, 7) is 1.02. The molecule has 2 aliphatic heterocycles. The molecule has 3 heteroatoms. The predicted molar refractivity (Wildman–Crippen MR) is 76.1 cm³/mol. The molecule has 0 aromatic heterocycles. The van der Waals surface area contributed by atoms with Gasteiger partial charge in [0.15, 0.2) is 0 Å². The monoisotopic (exact) mass is 264 g/mol. The zero-order valence-corrected chi connectivity index (χ0v) is 11.7. The van der Waals surface area contributed by atoms with E-state index in [0.717, 1.165) is 33.8 Å². The highest BCUT2D eigenvalue weighted by Crippen LogP contribution is 2.42. The molecule has 97 valence electrons. The van der Waals surface area contributed by atoms with E-state index < -0.39 is 0 Å². The van der Waals surface area contributed by atoms with Crippen LogP contribution >= 0.6 is 11.6 Å². The fraction of sp³-hybridized carbons (Fsp3) is 0.533. The van der Waals surface area contributed by atoms with Gasteiger partial charge in [-0.3, -0.25) is 0 Å². The van der Waals surface area contributed by atoms with Crippen LogP contribution in [0.15, 0.2) is 18.2 Å². The minimum absolute atomic E-state index is 0.780. The smallest absolute Gasteiger partial charge is 0.107 e.